The van der Waals surface area contributed by atoms with Crippen LogP contribution in [-0.4, -0.2) is 30.7 Å². The van der Waals surface area contributed by atoms with Crippen LogP contribution < -0.4 is 0 Å². The van der Waals surface area contributed by atoms with Crippen LogP contribution in [0.3, 0.4) is 0 Å². The Kier molecular flexibility index (Phi) is 3.59. The van der Waals surface area contributed by atoms with Gasteiger partial charge in [-0.15, -0.1) is 11.3 Å². The maximum absolute atomic E-state index is 9.67. The predicted molar refractivity (Wildman–Crippen MR) is 69.1 cm³/mol. The van der Waals surface area contributed by atoms with Crippen molar-refractivity contribution in [1.82, 2.24) is 4.90 Å². The predicted octanol–water partition coefficient (Wildman–Crippen LogP) is 3.17. The number of nitrogens with zero attached hydrogens (tertiary/aromatic N) is 1. The average molecular weight is 260 g/mol. The van der Waals surface area contributed by atoms with Gasteiger partial charge in [0.2, 0.25) is 0 Å². The van der Waals surface area contributed by atoms with E-state index in [1.807, 2.05) is 6.07 Å². The number of halogens is 1. The summed E-state index contributed by atoms with van der Waals surface area (Å²) in [4.78, 5) is 3.47. The van der Waals surface area contributed by atoms with Gasteiger partial charge in [0.25, 0.3) is 0 Å². The van der Waals surface area contributed by atoms with Crippen LogP contribution in [0.4, 0.5) is 0 Å². The maximum Gasteiger partial charge on any atom is 0.0931 e. The molecule has 0 aromatic carbocycles. The van der Waals surface area contributed by atoms with Crippen LogP contribution >= 0.6 is 22.9 Å². The fraction of sp³-hybridized carbons (Fsp3) is 0.667. The Bertz CT molecular complexity index is 354. The lowest BCUT2D eigenvalue weighted by molar-refractivity contribution is -0.0294. The molecule has 16 heavy (non-hydrogen) atoms. The highest BCUT2D eigenvalue weighted by Gasteiger charge is 2.45. The van der Waals surface area contributed by atoms with Crippen LogP contribution in [0, 0.1) is 5.41 Å². The van der Waals surface area contributed by atoms with E-state index in [1.54, 1.807) is 11.3 Å². The number of rotatable bonds is 4. The van der Waals surface area contributed by atoms with Crippen LogP contribution in [0.15, 0.2) is 12.1 Å². The van der Waals surface area contributed by atoms with Gasteiger partial charge in [-0.05, 0) is 39.1 Å². The second-order valence-corrected chi connectivity index (χ2v) is 6.63. The molecule has 1 aromatic heterocycles. The van der Waals surface area contributed by atoms with Gasteiger partial charge in [-0.25, -0.2) is 0 Å². The molecule has 1 aliphatic carbocycles. The normalized spacial score (nSPS) is 20.8. The van der Waals surface area contributed by atoms with Gasteiger partial charge in [0.1, 0.15) is 0 Å². The first-order valence-electron chi connectivity index (χ1n) is 5.61. The molecule has 0 bridgehead atoms. The van der Waals surface area contributed by atoms with Crippen molar-refractivity contribution in [2.75, 3.05) is 20.7 Å². The van der Waals surface area contributed by atoms with E-state index in [0.29, 0.717) is 6.04 Å². The first kappa shape index (κ1) is 12.4. The fourth-order valence-electron chi connectivity index (χ4n) is 2.73. The molecule has 1 N–H and O–H groups in total. The van der Waals surface area contributed by atoms with Gasteiger partial charge >= 0.3 is 0 Å². The summed E-state index contributed by atoms with van der Waals surface area (Å²) in [6.45, 7) is 0.269. The minimum atomic E-state index is 0.0533. The van der Waals surface area contributed by atoms with E-state index in [2.05, 4.69) is 25.1 Å². The lowest BCUT2D eigenvalue weighted by Gasteiger charge is -2.48. The topological polar surface area (TPSA) is 23.5 Å². The molecule has 1 unspecified atom stereocenters. The first-order valence-corrected chi connectivity index (χ1v) is 6.81. The highest BCUT2D eigenvalue weighted by molar-refractivity contribution is 7.16. The van der Waals surface area contributed by atoms with Gasteiger partial charge in [-0.2, -0.15) is 0 Å². The van der Waals surface area contributed by atoms with Gasteiger partial charge < -0.3 is 10.0 Å². The van der Waals surface area contributed by atoms with E-state index in [9.17, 15) is 5.11 Å². The second-order valence-electron chi connectivity index (χ2n) is 4.88. The molecule has 1 aliphatic rings. The number of aliphatic hydroxyl groups excluding tert-OH is 1. The van der Waals surface area contributed by atoms with Crippen LogP contribution in [-0.2, 0) is 0 Å². The van der Waals surface area contributed by atoms with E-state index in [-0.39, 0.29) is 12.0 Å². The van der Waals surface area contributed by atoms with Crippen molar-refractivity contribution in [1.29, 1.82) is 0 Å². The molecule has 1 heterocycles. The van der Waals surface area contributed by atoms with Crippen molar-refractivity contribution >= 4 is 22.9 Å². The van der Waals surface area contributed by atoms with Gasteiger partial charge in [-0.3, -0.25) is 0 Å². The third-order valence-corrected chi connectivity index (χ3v) is 4.91. The van der Waals surface area contributed by atoms with E-state index in [4.69, 9.17) is 11.6 Å². The largest absolute Gasteiger partial charge is 0.396 e. The molecule has 2 nitrogen and oxygen atoms in total. The molecule has 0 saturated heterocycles. The second kappa shape index (κ2) is 4.65. The third kappa shape index (κ3) is 2.02. The standard InChI is InChI=1S/C12H18ClNOS/c1-14(2)11(9-4-5-10(13)16-9)12(8-15)6-3-7-12/h4-5,11,15H,3,6-8H2,1-2H3. The quantitative estimate of drug-likeness (QED) is 0.898. The number of hydrogen-bond acceptors (Lipinski definition) is 3. The highest BCUT2D eigenvalue weighted by Crippen LogP contribution is 2.53. The maximum atomic E-state index is 9.67. The van der Waals surface area contributed by atoms with Crippen molar-refractivity contribution in [3.63, 3.8) is 0 Å². The summed E-state index contributed by atoms with van der Waals surface area (Å²) >= 11 is 7.63. The highest BCUT2D eigenvalue weighted by atomic mass is 35.5. The molecule has 90 valence electrons. The van der Waals surface area contributed by atoms with E-state index < -0.39 is 0 Å². The van der Waals surface area contributed by atoms with Crippen molar-refractivity contribution in [3.8, 4) is 0 Å². The van der Waals surface area contributed by atoms with Crippen LogP contribution in [0.25, 0.3) is 0 Å². The lowest BCUT2D eigenvalue weighted by atomic mass is 9.64. The average Bonchev–Trinajstić information content (AvgIpc) is 2.57. The smallest absolute Gasteiger partial charge is 0.0931 e. The van der Waals surface area contributed by atoms with Gasteiger partial charge in [0.15, 0.2) is 0 Å². The van der Waals surface area contributed by atoms with Crippen molar-refractivity contribution in [3.05, 3.63) is 21.3 Å². The van der Waals surface area contributed by atoms with Gasteiger partial charge in [0.05, 0.1) is 17.0 Å². The van der Waals surface area contributed by atoms with Crippen molar-refractivity contribution in [2.45, 2.75) is 25.3 Å². The summed E-state index contributed by atoms with van der Waals surface area (Å²) in [6.07, 6.45) is 3.45. The monoisotopic (exact) mass is 259 g/mol. The molecular weight excluding hydrogens is 242 g/mol. The minimum absolute atomic E-state index is 0.0533. The molecule has 4 heteroatoms. The van der Waals surface area contributed by atoms with E-state index in [0.717, 1.165) is 17.2 Å². The minimum Gasteiger partial charge on any atom is -0.396 e. The Labute approximate surface area is 106 Å². The Morgan fingerprint density at radius 1 is 1.50 bits per heavy atom. The summed E-state index contributed by atoms with van der Waals surface area (Å²) in [5.41, 5.74) is 0.0533. The Morgan fingerprint density at radius 3 is 2.50 bits per heavy atom. The zero-order valence-corrected chi connectivity index (χ0v) is 11.3. The zero-order chi connectivity index (χ0) is 11.8. The summed E-state index contributed by atoms with van der Waals surface area (Å²) in [7, 11) is 4.15. The van der Waals surface area contributed by atoms with Crippen LogP contribution in [0.2, 0.25) is 4.34 Å². The number of thiophene rings is 1. The molecule has 0 amide bonds. The summed E-state index contributed by atoms with van der Waals surface area (Å²) < 4.78 is 0.828. The van der Waals surface area contributed by atoms with Gasteiger partial charge in [-0.1, -0.05) is 18.0 Å². The van der Waals surface area contributed by atoms with Crippen molar-refractivity contribution in [2.24, 2.45) is 5.41 Å². The fourth-order valence-corrected chi connectivity index (χ4v) is 4.13. The zero-order valence-electron chi connectivity index (χ0n) is 9.74. The molecular formula is C12H18ClNOS. The molecule has 2 rings (SSSR count). The van der Waals surface area contributed by atoms with E-state index >= 15 is 0 Å². The summed E-state index contributed by atoms with van der Waals surface area (Å²) in [6, 6.07) is 4.33. The Balaban J connectivity index is 2.30. The SMILES string of the molecule is CN(C)C(c1ccc(Cl)s1)C1(CO)CCC1. The molecule has 0 spiro atoms. The number of aliphatic hydroxyl groups is 1. The Morgan fingerprint density at radius 2 is 2.19 bits per heavy atom. The summed E-state index contributed by atoms with van der Waals surface area (Å²) in [5, 5.41) is 9.67. The van der Waals surface area contributed by atoms with Gasteiger partial charge in [0, 0.05) is 10.3 Å². The molecule has 1 saturated carbocycles. The number of hydrogen-bond donors (Lipinski definition) is 1. The molecule has 1 fully saturated rings. The van der Waals surface area contributed by atoms with Crippen molar-refractivity contribution < 1.29 is 5.11 Å². The molecule has 1 atom stereocenters. The molecule has 0 radical (unpaired) electrons. The first-order chi connectivity index (χ1) is 7.59. The molecule has 0 aliphatic heterocycles. The third-order valence-electron chi connectivity index (χ3n) is 3.62. The summed E-state index contributed by atoms with van der Waals surface area (Å²) in [5.74, 6) is 0. The molecule has 1 aromatic rings. The van der Waals surface area contributed by atoms with E-state index in [1.165, 1.54) is 11.3 Å². The van der Waals surface area contributed by atoms with Crippen LogP contribution in [0.1, 0.15) is 30.2 Å². The van der Waals surface area contributed by atoms with Crippen LogP contribution in [0.5, 0.6) is 0 Å². The lowest BCUT2D eigenvalue weighted by Crippen LogP contribution is -2.44. The Hall–Kier alpha value is -0.0900.